The van der Waals surface area contributed by atoms with Crippen molar-refractivity contribution in [1.29, 1.82) is 0 Å². The molecule has 2 rings (SSSR count). The Bertz CT molecular complexity index is 371. The zero-order valence-electron chi connectivity index (χ0n) is 11.2. The smallest absolute Gasteiger partial charge is 0.161 e. The molecule has 1 unspecified atom stereocenters. The van der Waals surface area contributed by atoms with Crippen LogP contribution in [-0.4, -0.2) is 50.8 Å². The lowest BCUT2D eigenvalue weighted by atomic mass is 10.2. The third-order valence-corrected chi connectivity index (χ3v) is 3.00. The van der Waals surface area contributed by atoms with Crippen LogP contribution in [0.4, 0.5) is 0 Å². The molecule has 1 aliphatic rings. The second kappa shape index (κ2) is 6.61. The van der Waals surface area contributed by atoms with Crippen molar-refractivity contribution in [1.82, 2.24) is 10.2 Å². The number of ether oxygens (including phenoxy) is 2. The maximum absolute atomic E-state index is 5.92. The molecule has 1 aromatic carbocycles. The number of rotatable bonds is 6. The summed E-state index contributed by atoms with van der Waals surface area (Å²) in [6.45, 7) is 6.69. The van der Waals surface area contributed by atoms with Crippen LogP contribution in [0.15, 0.2) is 24.3 Å². The van der Waals surface area contributed by atoms with E-state index >= 15 is 0 Å². The molecule has 0 amide bonds. The van der Waals surface area contributed by atoms with E-state index in [2.05, 4.69) is 24.2 Å². The van der Waals surface area contributed by atoms with Gasteiger partial charge >= 0.3 is 0 Å². The molecular formula is C14H22N2O2. The summed E-state index contributed by atoms with van der Waals surface area (Å²) in [6, 6.07) is 7.84. The van der Waals surface area contributed by atoms with Crippen molar-refractivity contribution in [3.8, 4) is 11.5 Å². The van der Waals surface area contributed by atoms with Gasteiger partial charge in [-0.2, -0.15) is 0 Å². The average Bonchev–Trinajstić information content (AvgIpc) is 2.39. The van der Waals surface area contributed by atoms with E-state index in [1.807, 2.05) is 24.3 Å². The zero-order valence-corrected chi connectivity index (χ0v) is 11.2. The van der Waals surface area contributed by atoms with Gasteiger partial charge in [-0.1, -0.05) is 19.1 Å². The van der Waals surface area contributed by atoms with Crippen LogP contribution in [0.3, 0.4) is 0 Å². The van der Waals surface area contributed by atoms with Crippen LogP contribution in [0.2, 0.25) is 0 Å². The SMILES string of the molecule is CCNCCN(C)CC1COc2ccccc2O1. The number of likely N-dealkylation sites (N-methyl/N-ethyl adjacent to an activating group) is 2. The van der Waals surface area contributed by atoms with E-state index in [9.17, 15) is 0 Å². The van der Waals surface area contributed by atoms with Crippen molar-refractivity contribution in [3.63, 3.8) is 0 Å². The summed E-state index contributed by atoms with van der Waals surface area (Å²) in [4.78, 5) is 2.27. The van der Waals surface area contributed by atoms with Crippen LogP contribution < -0.4 is 14.8 Å². The highest BCUT2D eigenvalue weighted by atomic mass is 16.6. The number of hydrogen-bond donors (Lipinski definition) is 1. The van der Waals surface area contributed by atoms with Crippen LogP contribution in [0.1, 0.15) is 6.92 Å². The van der Waals surface area contributed by atoms with Gasteiger partial charge in [-0.15, -0.1) is 0 Å². The largest absolute Gasteiger partial charge is 0.486 e. The quantitative estimate of drug-likeness (QED) is 0.773. The molecule has 0 aromatic heterocycles. The molecule has 0 bridgehead atoms. The molecule has 0 spiro atoms. The molecule has 1 atom stereocenters. The third-order valence-electron chi connectivity index (χ3n) is 3.00. The second-order valence-corrected chi connectivity index (χ2v) is 4.61. The molecule has 1 heterocycles. The lowest BCUT2D eigenvalue weighted by Crippen LogP contribution is -2.41. The average molecular weight is 250 g/mol. The summed E-state index contributed by atoms with van der Waals surface area (Å²) >= 11 is 0. The molecule has 0 fully saturated rings. The Hall–Kier alpha value is -1.26. The first-order valence-corrected chi connectivity index (χ1v) is 6.57. The van der Waals surface area contributed by atoms with Gasteiger partial charge in [0.25, 0.3) is 0 Å². The summed E-state index contributed by atoms with van der Waals surface area (Å²) in [5, 5.41) is 3.32. The van der Waals surface area contributed by atoms with Gasteiger partial charge in [-0.3, -0.25) is 0 Å². The highest BCUT2D eigenvalue weighted by Crippen LogP contribution is 2.30. The van der Waals surface area contributed by atoms with Crippen molar-refractivity contribution in [2.45, 2.75) is 13.0 Å². The fourth-order valence-corrected chi connectivity index (χ4v) is 2.04. The Morgan fingerprint density at radius 1 is 1.33 bits per heavy atom. The van der Waals surface area contributed by atoms with E-state index < -0.39 is 0 Å². The Morgan fingerprint density at radius 2 is 2.11 bits per heavy atom. The standard InChI is InChI=1S/C14H22N2O2/c1-3-15-8-9-16(2)10-12-11-17-13-6-4-5-7-14(13)18-12/h4-7,12,15H,3,8-11H2,1-2H3. The monoisotopic (exact) mass is 250 g/mol. The van der Waals surface area contributed by atoms with Gasteiger partial charge in [0.1, 0.15) is 12.7 Å². The summed E-state index contributed by atoms with van der Waals surface area (Å²) in [7, 11) is 2.11. The van der Waals surface area contributed by atoms with E-state index in [1.54, 1.807) is 0 Å². The zero-order chi connectivity index (χ0) is 12.8. The molecule has 0 radical (unpaired) electrons. The Morgan fingerprint density at radius 3 is 2.89 bits per heavy atom. The summed E-state index contributed by atoms with van der Waals surface area (Å²) < 4.78 is 11.6. The van der Waals surface area contributed by atoms with Crippen molar-refractivity contribution in [2.24, 2.45) is 0 Å². The maximum atomic E-state index is 5.92. The van der Waals surface area contributed by atoms with Crippen LogP contribution >= 0.6 is 0 Å². The molecule has 0 aliphatic carbocycles. The number of benzene rings is 1. The fourth-order valence-electron chi connectivity index (χ4n) is 2.04. The van der Waals surface area contributed by atoms with Gasteiger partial charge < -0.3 is 19.7 Å². The molecule has 1 aromatic rings. The molecule has 1 N–H and O–H groups in total. The Balaban J connectivity index is 1.79. The molecule has 1 aliphatic heterocycles. The molecule has 4 heteroatoms. The van der Waals surface area contributed by atoms with Crippen LogP contribution in [0.5, 0.6) is 11.5 Å². The van der Waals surface area contributed by atoms with E-state index in [1.165, 1.54) is 0 Å². The number of hydrogen-bond acceptors (Lipinski definition) is 4. The van der Waals surface area contributed by atoms with Gasteiger partial charge in [0.15, 0.2) is 11.5 Å². The number of nitrogens with zero attached hydrogens (tertiary/aromatic N) is 1. The fraction of sp³-hybridized carbons (Fsp3) is 0.571. The first kappa shape index (κ1) is 13.2. The van der Waals surface area contributed by atoms with Crippen molar-refractivity contribution in [2.75, 3.05) is 39.8 Å². The van der Waals surface area contributed by atoms with Gasteiger partial charge in [0.2, 0.25) is 0 Å². The normalized spacial score (nSPS) is 18.1. The highest BCUT2D eigenvalue weighted by molar-refractivity contribution is 5.40. The minimum absolute atomic E-state index is 0.117. The first-order valence-electron chi connectivity index (χ1n) is 6.57. The molecule has 0 saturated heterocycles. The Labute approximate surface area is 109 Å². The molecular weight excluding hydrogens is 228 g/mol. The van der Waals surface area contributed by atoms with E-state index in [0.717, 1.165) is 37.7 Å². The lowest BCUT2D eigenvalue weighted by molar-refractivity contribution is 0.0657. The molecule has 100 valence electrons. The van der Waals surface area contributed by atoms with Crippen molar-refractivity contribution >= 4 is 0 Å². The third kappa shape index (κ3) is 3.62. The molecule has 4 nitrogen and oxygen atoms in total. The van der Waals surface area contributed by atoms with E-state index in [4.69, 9.17) is 9.47 Å². The lowest BCUT2D eigenvalue weighted by Gasteiger charge is -2.29. The minimum atomic E-state index is 0.117. The first-order chi connectivity index (χ1) is 8.79. The number of para-hydroxylation sites is 2. The van der Waals surface area contributed by atoms with Crippen LogP contribution in [-0.2, 0) is 0 Å². The predicted molar refractivity (Wildman–Crippen MR) is 72.4 cm³/mol. The number of fused-ring (bicyclic) bond motifs is 1. The second-order valence-electron chi connectivity index (χ2n) is 4.61. The maximum Gasteiger partial charge on any atom is 0.161 e. The number of nitrogens with one attached hydrogen (secondary N) is 1. The topological polar surface area (TPSA) is 33.7 Å². The van der Waals surface area contributed by atoms with Gasteiger partial charge in [-0.05, 0) is 25.7 Å². The van der Waals surface area contributed by atoms with Gasteiger partial charge in [0.05, 0.1) is 0 Å². The van der Waals surface area contributed by atoms with Gasteiger partial charge in [0, 0.05) is 19.6 Å². The van der Waals surface area contributed by atoms with Crippen molar-refractivity contribution in [3.05, 3.63) is 24.3 Å². The predicted octanol–water partition coefficient (Wildman–Crippen LogP) is 1.37. The summed E-state index contributed by atoms with van der Waals surface area (Å²) in [6.07, 6.45) is 0.117. The molecule has 0 saturated carbocycles. The molecule has 18 heavy (non-hydrogen) atoms. The minimum Gasteiger partial charge on any atom is -0.486 e. The summed E-state index contributed by atoms with van der Waals surface area (Å²) in [5.41, 5.74) is 0. The van der Waals surface area contributed by atoms with E-state index in [-0.39, 0.29) is 6.10 Å². The highest BCUT2D eigenvalue weighted by Gasteiger charge is 2.21. The summed E-state index contributed by atoms with van der Waals surface area (Å²) in [5.74, 6) is 1.71. The Kier molecular flexibility index (Phi) is 4.84. The van der Waals surface area contributed by atoms with Crippen molar-refractivity contribution < 1.29 is 9.47 Å². The van der Waals surface area contributed by atoms with Crippen LogP contribution in [0, 0.1) is 0 Å². The van der Waals surface area contributed by atoms with Crippen LogP contribution in [0.25, 0.3) is 0 Å². The van der Waals surface area contributed by atoms with Gasteiger partial charge in [-0.25, -0.2) is 0 Å². The van der Waals surface area contributed by atoms with E-state index in [0.29, 0.717) is 6.61 Å².